The van der Waals surface area contributed by atoms with Crippen molar-refractivity contribution in [2.75, 3.05) is 25.5 Å². The summed E-state index contributed by atoms with van der Waals surface area (Å²) in [6.45, 7) is 3.25. The standard InChI is InChI=1S/C15H21N3/c1-11-7-15-12(5-4-6-18(15)3)8-14(11)13(9-16)10-17-2/h7-10,16-17H,4-6H2,1-3H3/b13-10+,16-9?. The van der Waals surface area contributed by atoms with Gasteiger partial charge in [0, 0.05) is 44.3 Å². The van der Waals surface area contributed by atoms with Crippen LogP contribution in [0.25, 0.3) is 5.57 Å². The molecule has 0 bridgehead atoms. The lowest BCUT2D eigenvalue weighted by molar-refractivity contribution is 0.743. The van der Waals surface area contributed by atoms with E-state index in [1.54, 1.807) is 0 Å². The topological polar surface area (TPSA) is 39.1 Å². The fourth-order valence-electron chi connectivity index (χ4n) is 2.58. The fraction of sp³-hybridized carbons (Fsp3) is 0.400. The van der Waals surface area contributed by atoms with Crippen LogP contribution in [0.2, 0.25) is 0 Å². The summed E-state index contributed by atoms with van der Waals surface area (Å²) in [6.07, 6.45) is 5.64. The third kappa shape index (κ3) is 2.26. The number of hydrogen-bond donors (Lipinski definition) is 2. The Kier molecular flexibility index (Phi) is 3.70. The maximum absolute atomic E-state index is 7.53. The number of aryl methyl sites for hydroxylation is 2. The molecule has 1 heterocycles. The van der Waals surface area contributed by atoms with E-state index in [0.29, 0.717) is 0 Å². The number of rotatable bonds is 3. The van der Waals surface area contributed by atoms with Crippen LogP contribution in [0.4, 0.5) is 5.69 Å². The Morgan fingerprint density at radius 2 is 2.22 bits per heavy atom. The predicted molar refractivity (Wildman–Crippen MR) is 78.6 cm³/mol. The van der Waals surface area contributed by atoms with Gasteiger partial charge in [0.2, 0.25) is 0 Å². The second-order valence-corrected chi connectivity index (χ2v) is 4.85. The first-order valence-electron chi connectivity index (χ1n) is 6.40. The van der Waals surface area contributed by atoms with Crippen molar-refractivity contribution in [1.82, 2.24) is 5.32 Å². The van der Waals surface area contributed by atoms with Gasteiger partial charge < -0.3 is 15.6 Å². The summed E-state index contributed by atoms with van der Waals surface area (Å²) in [7, 11) is 4.02. The highest BCUT2D eigenvalue weighted by Crippen LogP contribution is 2.31. The van der Waals surface area contributed by atoms with Gasteiger partial charge in [-0.1, -0.05) is 0 Å². The van der Waals surface area contributed by atoms with Crippen molar-refractivity contribution in [3.05, 3.63) is 35.0 Å². The van der Waals surface area contributed by atoms with Crippen LogP contribution in [-0.4, -0.2) is 26.9 Å². The quantitative estimate of drug-likeness (QED) is 0.801. The first kappa shape index (κ1) is 12.7. The van der Waals surface area contributed by atoms with Crippen LogP contribution in [0.5, 0.6) is 0 Å². The average molecular weight is 243 g/mol. The number of anilines is 1. The van der Waals surface area contributed by atoms with Crippen LogP contribution < -0.4 is 10.2 Å². The molecule has 1 aromatic rings. The van der Waals surface area contributed by atoms with Crippen molar-refractivity contribution >= 4 is 17.5 Å². The summed E-state index contributed by atoms with van der Waals surface area (Å²) in [5.41, 5.74) is 6.07. The summed E-state index contributed by atoms with van der Waals surface area (Å²) in [4.78, 5) is 2.32. The molecule has 2 rings (SSSR count). The summed E-state index contributed by atoms with van der Waals surface area (Å²) in [6, 6.07) is 4.49. The molecule has 1 aliphatic heterocycles. The Morgan fingerprint density at radius 1 is 1.44 bits per heavy atom. The SMILES string of the molecule is CN/C=C(\C=N)c1cc2c(cc1C)N(C)CCC2. The zero-order chi connectivity index (χ0) is 13.1. The molecule has 0 saturated heterocycles. The van der Waals surface area contributed by atoms with Gasteiger partial charge in [0.05, 0.1) is 0 Å². The summed E-state index contributed by atoms with van der Waals surface area (Å²) in [5.74, 6) is 0. The minimum absolute atomic E-state index is 0.936. The highest BCUT2D eigenvalue weighted by molar-refractivity contribution is 6.09. The number of allylic oxidation sites excluding steroid dienone is 1. The number of hydrogen-bond acceptors (Lipinski definition) is 3. The Hall–Kier alpha value is -1.77. The molecule has 3 heteroatoms. The zero-order valence-corrected chi connectivity index (χ0v) is 11.4. The molecule has 0 amide bonds. The molecule has 18 heavy (non-hydrogen) atoms. The van der Waals surface area contributed by atoms with E-state index < -0.39 is 0 Å². The molecule has 0 unspecified atom stereocenters. The predicted octanol–water partition coefficient (Wildman–Crippen LogP) is 2.59. The van der Waals surface area contributed by atoms with Crippen LogP contribution in [0.3, 0.4) is 0 Å². The van der Waals surface area contributed by atoms with Crippen LogP contribution in [0.15, 0.2) is 18.3 Å². The van der Waals surface area contributed by atoms with Crippen molar-refractivity contribution in [1.29, 1.82) is 5.41 Å². The molecule has 0 radical (unpaired) electrons. The van der Waals surface area contributed by atoms with Gasteiger partial charge in [0.1, 0.15) is 0 Å². The lowest BCUT2D eigenvalue weighted by Gasteiger charge is -2.28. The first-order chi connectivity index (χ1) is 8.67. The molecule has 0 fully saturated rings. The second-order valence-electron chi connectivity index (χ2n) is 4.85. The molecule has 0 aliphatic carbocycles. The summed E-state index contributed by atoms with van der Waals surface area (Å²) in [5, 5.41) is 10.5. The molecule has 0 saturated carbocycles. The summed E-state index contributed by atoms with van der Waals surface area (Å²) < 4.78 is 0. The van der Waals surface area contributed by atoms with Crippen LogP contribution in [0, 0.1) is 12.3 Å². The van der Waals surface area contributed by atoms with Crippen LogP contribution >= 0.6 is 0 Å². The molecule has 0 aromatic heterocycles. The minimum atomic E-state index is 0.936. The summed E-state index contributed by atoms with van der Waals surface area (Å²) >= 11 is 0. The Balaban J connectivity index is 2.51. The number of nitrogens with zero attached hydrogens (tertiary/aromatic N) is 1. The normalized spacial score (nSPS) is 15.3. The van der Waals surface area contributed by atoms with Gasteiger partial charge in [-0.15, -0.1) is 0 Å². The zero-order valence-electron chi connectivity index (χ0n) is 11.4. The number of benzene rings is 1. The second kappa shape index (κ2) is 5.25. The largest absolute Gasteiger partial charge is 0.393 e. The minimum Gasteiger partial charge on any atom is -0.393 e. The van der Waals surface area contributed by atoms with Gasteiger partial charge in [0.15, 0.2) is 0 Å². The maximum Gasteiger partial charge on any atom is 0.0399 e. The number of fused-ring (bicyclic) bond motifs is 1. The molecule has 0 atom stereocenters. The monoisotopic (exact) mass is 243 g/mol. The van der Waals surface area contributed by atoms with E-state index in [2.05, 4.69) is 36.3 Å². The molecule has 1 aromatic carbocycles. The van der Waals surface area contributed by atoms with E-state index >= 15 is 0 Å². The highest BCUT2D eigenvalue weighted by Gasteiger charge is 2.16. The molecule has 96 valence electrons. The van der Waals surface area contributed by atoms with Crippen molar-refractivity contribution in [3.63, 3.8) is 0 Å². The van der Waals surface area contributed by atoms with Crippen molar-refractivity contribution in [2.45, 2.75) is 19.8 Å². The van der Waals surface area contributed by atoms with E-state index in [9.17, 15) is 0 Å². The molecule has 1 aliphatic rings. The van der Waals surface area contributed by atoms with Gasteiger partial charge in [0.25, 0.3) is 0 Å². The molecular formula is C15H21N3. The van der Waals surface area contributed by atoms with E-state index in [4.69, 9.17) is 5.41 Å². The Bertz CT molecular complexity index is 489. The smallest absolute Gasteiger partial charge is 0.0399 e. The molecule has 2 N–H and O–H groups in total. The van der Waals surface area contributed by atoms with E-state index in [-0.39, 0.29) is 0 Å². The Morgan fingerprint density at radius 3 is 2.89 bits per heavy atom. The van der Waals surface area contributed by atoms with Gasteiger partial charge in [-0.2, -0.15) is 0 Å². The van der Waals surface area contributed by atoms with E-state index in [1.807, 2.05) is 13.2 Å². The number of nitrogens with one attached hydrogen (secondary N) is 2. The highest BCUT2D eigenvalue weighted by atomic mass is 15.1. The lowest BCUT2D eigenvalue weighted by atomic mass is 9.93. The van der Waals surface area contributed by atoms with Crippen molar-refractivity contribution in [2.24, 2.45) is 0 Å². The molecule has 3 nitrogen and oxygen atoms in total. The van der Waals surface area contributed by atoms with Gasteiger partial charge in [-0.05, 0) is 48.6 Å². The Labute approximate surface area is 109 Å². The van der Waals surface area contributed by atoms with Gasteiger partial charge in [-0.25, -0.2) is 0 Å². The third-order valence-corrected chi connectivity index (χ3v) is 3.54. The van der Waals surface area contributed by atoms with E-state index in [0.717, 1.165) is 24.1 Å². The average Bonchev–Trinajstić information content (AvgIpc) is 2.37. The van der Waals surface area contributed by atoms with Gasteiger partial charge >= 0.3 is 0 Å². The maximum atomic E-state index is 7.53. The lowest BCUT2D eigenvalue weighted by Crippen LogP contribution is -2.25. The van der Waals surface area contributed by atoms with Crippen LogP contribution in [-0.2, 0) is 6.42 Å². The molecular weight excluding hydrogens is 222 g/mol. The van der Waals surface area contributed by atoms with Crippen molar-refractivity contribution in [3.8, 4) is 0 Å². The molecule has 0 spiro atoms. The van der Waals surface area contributed by atoms with E-state index in [1.165, 1.54) is 29.4 Å². The van der Waals surface area contributed by atoms with Crippen LogP contribution in [0.1, 0.15) is 23.1 Å². The first-order valence-corrected chi connectivity index (χ1v) is 6.40. The fourth-order valence-corrected chi connectivity index (χ4v) is 2.58. The third-order valence-electron chi connectivity index (χ3n) is 3.54. The van der Waals surface area contributed by atoms with Gasteiger partial charge in [-0.3, -0.25) is 0 Å². The van der Waals surface area contributed by atoms with Crippen molar-refractivity contribution < 1.29 is 0 Å².